The van der Waals surface area contributed by atoms with Gasteiger partial charge in [-0.2, -0.15) is 0 Å². The van der Waals surface area contributed by atoms with Crippen molar-refractivity contribution in [3.05, 3.63) is 0 Å². The first-order valence-corrected chi connectivity index (χ1v) is 9.21. The Labute approximate surface area is 127 Å². The van der Waals surface area contributed by atoms with Crippen molar-refractivity contribution in [3.63, 3.8) is 0 Å². The van der Waals surface area contributed by atoms with Crippen LogP contribution in [0.1, 0.15) is 85.0 Å². The van der Waals surface area contributed by atoms with Crippen molar-refractivity contribution in [2.75, 3.05) is 19.6 Å². The van der Waals surface area contributed by atoms with Crippen molar-refractivity contribution in [3.8, 4) is 0 Å². The van der Waals surface area contributed by atoms with Crippen LogP contribution in [-0.2, 0) is 0 Å². The molecule has 1 unspecified atom stereocenters. The summed E-state index contributed by atoms with van der Waals surface area (Å²) in [5.74, 6) is 0. The second kappa shape index (κ2) is 11.6. The predicted octanol–water partition coefficient (Wildman–Crippen LogP) is 4.59. The standard InChI is InChI=1S/C18H38N2/c1-4-5-6-7-8-9-10-11-14-20-15-12-13-18(20)16-19-17(2)3/h17-19H,4-16H2,1-3H3. The van der Waals surface area contributed by atoms with Gasteiger partial charge in [0.1, 0.15) is 0 Å². The van der Waals surface area contributed by atoms with Gasteiger partial charge in [-0.1, -0.05) is 65.7 Å². The average Bonchev–Trinajstić information content (AvgIpc) is 2.87. The van der Waals surface area contributed by atoms with Crippen molar-refractivity contribution in [1.82, 2.24) is 10.2 Å². The van der Waals surface area contributed by atoms with E-state index in [1.165, 1.54) is 83.8 Å². The Morgan fingerprint density at radius 1 is 1.00 bits per heavy atom. The topological polar surface area (TPSA) is 15.3 Å². The van der Waals surface area contributed by atoms with Crippen LogP contribution in [0, 0.1) is 0 Å². The lowest BCUT2D eigenvalue weighted by molar-refractivity contribution is 0.238. The summed E-state index contributed by atoms with van der Waals surface area (Å²) in [4.78, 5) is 2.73. The quantitative estimate of drug-likeness (QED) is 0.527. The Balaban J connectivity index is 1.97. The van der Waals surface area contributed by atoms with Crippen molar-refractivity contribution >= 4 is 0 Å². The molecule has 0 spiro atoms. The number of unbranched alkanes of at least 4 members (excludes halogenated alkanes) is 7. The van der Waals surface area contributed by atoms with E-state index in [0.717, 1.165) is 6.04 Å². The van der Waals surface area contributed by atoms with Gasteiger partial charge in [-0.15, -0.1) is 0 Å². The lowest BCUT2D eigenvalue weighted by atomic mass is 10.1. The molecule has 0 amide bonds. The molecule has 0 aromatic rings. The molecule has 2 nitrogen and oxygen atoms in total. The third-order valence-corrected chi connectivity index (χ3v) is 4.56. The summed E-state index contributed by atoms with van der Waals surface area (Å²) in [6, 6.07) is 1.43. The minimum absolute atomic E-state index is 0.626. The van der Waals surface area contributed by atoms with Crippen LogP contribution in [0.5, 0.6) is 0 Å². The molecule has 0 aliphatic carbocycles. The van der Waals surface area contributed by atoms with Crippen molar-refractivity contribution < 1.29 is 0 Å². The zero-order valence-corrected chi connectivity index (χ0v) is 14.3. The van der Waals surface area contributed by atoms with Crippen LogP contribution in [0.4, 0.5) is 0 Å². The van der Waals surface area contributed by atoms with Gasteiger partial charge in [0.15, 0.2) is 0 Å². The number of hydrogen-bond donors (Lipinski definition) is 1. The SMILES string of the molecule is CCCCCCCCCCN1CCCC1CNC(C)C. The molecule has 1 N–H and O–H groups in total. The third kappa shape index (κ3) is 8.26. The molecular weight excluding hydrogens is 244 g/mol. The van der Waals surface area contributed by atoms with Gasteiger partial charge in [0, 0.05) is 18.6 Å². The van der Waals surface area contributed by atoms with Crippen LogP contribution in [0.3, 0.4) is 0 Å². The molecule has 20 heavy (non-hydrogen) atoms. The van der Waals surface area contributed by atoms with Crippen LogP contribution >= 0.6 is 0 Å². The normalized spacial score (nSPS) is 20.1. The fourth-order valence-electron chi connectivity index (χ4n) is 3.24. The van der Waals surface area contributed by atoms with E-state index in [4.69, 9.17) is 0 Å². The summed E-state index contributed by atoms with van der Waals surface area (Å²) >= 11 is 0. The van der Waals surface area contributed by atoms with E-state index in [1.807, 2.05) is 0 Å². The van der Waals surface area contributed by atoms with Gasteiger partial charge in [-0.3, -0.25) is 4.90 Å². The Bertz CT molecular complexity index is 215. The molecule has 1 aliphatic rings. The number of likely N-dealkylation sites (tertiary alicyclic amines) is 1. The van der Waals surface area contributed by atoms with E-state index in [1.54, 1.807) is 0 Å². The maximum Gasteiger partial charge on any atom is 0.0221 e. The monoisotopic (exact) mass is 282 g/mol. The molecule has 120 valence electrons. The smallest absolute Gasteiger partial charge is 0.0221 e. The van der Waals surface area contributed by atoms with E-state index in [9.17, 15) is 0 Å². The first-order chi connectivity index (χ1) is 9.74. The molecule has 0 aromatic heterocycles. The first kappa shape index (κ1) is 18.0. The lowest BCUT2D eigenvalue weighted by Crippen LogP contribution is -2.40. The number of nitrogens with one attached hydrogen (secondary N) is 1. The molecular formula is C18H38N2. The minimum atomic E-state index is 0.626. The van der Waals surface area contributed by atoms with Crippen LogP contribution < -0.4 is 5.32 Å². The van der Waals surface area contributed by atoms with Crippen LogP contribution in [0.25, 0.3) is 0 Å². The molecule has 0 saturated carbocycles. The number of hydrogen-bond acceptors (Lipinski definition) is 2. The molecule has 1 atom stereocenters. The van der Waals surface area contributed by atoms with E-state index in [0.29, 0.717) is 6.04 Å². The lowest BCUT2D eigenvalue weighted by Gasteiger charge is -2.25. The van der Waals surface area contributed by atoms with Gasteiger partial charge in [-0.05, 0) is 32.4 Å². The van der Waals surface area contributed by atoms with Gasteiger partial charge in [0.05, 0.1) is 0 Å². The molecule has 1 aliphatic heterocycles. The van der Waals surface area contributed by atoms with E-state index in [2.05, 4.69) is 31.0 Å². The predicted molar refractivity (Wildman–Crippen MR) is 90.3 cm³/mol. The zero-order valence-electron chi connectivity index (χ0n) is 14.3. The summed E-state index contributed by atoms with van der Waals surface area (Å²) in [5.41, 5.74) is 0. The van der Waals surface area contributed by atoms with Crippen molar-refractivity contribution in [1.29, 1.82) is 0 Å². The second-order valence-electron chi connectivity index (χ2n) is 6.87. The van der Waals surface area contributed by atoms with Crippen LogP contribution in [0.2, 0.25) is 0 Å². The first-order valence-electron chi connectivity index (χ1n) is 9.21. The van der Waals surface area contributed by atoms with Crippen LogP contribution in [-0.4, -0.2) is 36.6 Å². The fraction of sp³-hybridized carbons (Fsp3) is 1.00. The maximum absolute atomic E-state index is 3.61. The fourth-order valence-corrected chi connectivity index (χ4v) is 3.24. The van der Waals surface area contributed by atoms with Gasteiger partial charge in [0.25, 0.3) is 0 Å². The largest absolute Gasteiger partial charge is 0.313 e. The summed E-state index contributed by atoms with van der Waals surface area (Å²) in [6.45, 7) is 10.6. The van der Waals surface area contributed by atoms with Crippen molar-refractivity contribution in [2.24, 2.45) is 0 Å². The van der Waals surface area contributed by atoms with Crippen molar-refractivity contribution in [2.45, 2.75) is 97.1 Å². The molecule has 2 heteroatoms. The molecule has 0 aromatic carbocycles. The number of nitrogens with zero attached hydrogens (tertiary/aromatic N) is 1. The zero-order chi connectivity index (χ0) is 14.6. The highest BCUT2D eigenvalue weighted by Crippen LogP contribution is 2.18. The van der Waals surface area contributed by atoms with Gasteiger partial charge in [0.2, 0.25) is 0 Å². The van der Waals surface area contributed by atoms with E-state index >= 15 is 0 Å². The van der Waals surface area contributed by atoms with E-state index in [-0.39, 0.29) is 0 Å². The van der Waals surface area contributed by atoms with Gasteiger partial charge in [-0.25, -0.2) is 0 Å². The highest BCUT2D eigenvalue weighted by atomic mass is 15.2. The Kier molecular flexibility index (Phi) is 10.4. The summed E-state index contributed by atoms with van der Waals surface area (Å²) in [6.07, 6.45) is 14.3. The Morgan fingerprint density at radius 3 is 2.30 bits per heavy atom. The Morgan fingerprint density at radius 2 is 1.65 bits per heavy atom. The van der Waals surface area contributed by atoms with Gasteiger partial charge >= 0.3 is 0 Å². The third-order valence-electron chi connectivity index (χ3n) is 4.56. The molecule has 1 heterocycles. The Hall–Kier alpha value is -0.0800. The summed E-state index contributed by atoms with van der Waals surface area (Å²) in [5, 5.41) is 3.61. The number of rotatable bonds is 12. The maximum atomic E-state index is 3.61. The molecule has 1 rings (SSSR count). The summed E-state index contributed by atoms with van der Waals surface area (Å²) < 4.78 is 0. The van der Waals surface area contributed by atoms with Crippen LogP contribution in [0.15, 0.2) is 0 Å². The molecule has 0 bridgehead atoms. The minimum Gasteiger partial charge on any atom is -0.313 e. The van der Waals surface area contributed by atoms with E-state index < -0.39 is 0 Å². The highest BCUT2D eigenvalue weighted by molar-refractivity contribution is 4.81. The van der Waals surface area contributed by atoms with Gasteiger partial charge < -0.3 is 5.32 Å². The average molecular weight is 283 g/mol. The molecule has 0 radical (unpaired) electrons. The summed E-state index contributed by atoms with van der Waals surface area (Å²) in [7, 11) is 0. The second-order valence-corrected chi connectivity index (χ2v) is 6.87. The molecule has 1 saturated heterocycles. The molecule has 1 fully saturated rings. The highest BCUT2D eigenvalue weighted by Gasteiger charge is 2.23.